The lowest BCUT2D eigenvalue weighted by atomic mass is 10.1. The molecular formula is C12H14N4O2. The minimum atomic E-state index is -0.384. The highest BCUT2D eigenvalue weighted by molar-refractivity contribution is 6.02. The summed E-state index contributed by atoms with van der Waals surface area (Å²) in [5, 5.41) is 2.57. The van der Waals surface area contributed by atoms with Crippen LogP contribution in [0.4, 0.5) is 5.95 Å². The van der Waals surface area contributed by atoms with Gasteiger partial charge in [0.25, 0.3) is 5.91 Å². The minimum Gasteiger partial charge on any atom is -0.436 e. The van der Waals surface area contributed by atoms with Crippen molar-refractivity contribution in [1.82, 2.24) is 15.0 Å². The van der Waals surface area contributed by atoms with Crippen LogP contribution in [0.5, 0.6) is 0 Å². The number of rotatable bonds is 3. The monoisotopic (exact) mass is 246 g/mol. The summed E-state index contributed by atoms with van der Waals surface area (Å²) >= 11 is 0. The molecule has 0 fully saturated rings. The lowest BCUT2D eigenvalue weighted by Crippen LogP contribution is -2.15. The molecule has 0 aliphatic carbocycles. The third kappa shape index (κ3) is 2.53. The van der Waals surface area contributed by atoms with Gasteiger partial charge in [-0.15, -0.1) is 0 Å². The molecule has 0 spiro atoms. The molecule has 0 saturated carbocycles. The van der Waals surface area contributed by atoms with Crippen LogP contribution in [0.2, 0.25) is 0 Å². The van der Waals surface area contributed by atoms with Gasteiger partial charge in [-0.2, -0.15) is 0 Å². The highest BCUT2D eigenvalue weighted by atomic mass is 16.4. The molecule has 0 radical (unpaired) electrons. The second-order valence-corrected chi connectivity index (χ2v) is 4.13. The second kappa shape index (κ2) is 4.95. The summed E-state index contributed by atoms with van der Waals surface area (Å²) in [4.78, 5) is 24.1. The number of aryl methyl sites for hydroxylation is 1. The Labute approximate surface area is 104 Å². The molecule has 2 heterocycles. The molecule has 6 heteroatoms. The van der Waals surface area contributed by atoms with Crippen LogP contribution in [-0.2, 0) is 0 Å². The van der Waals surface area contributed by atoms with E-state index in [0.29, 0.717) is 11.6 Å². The van der Waals surface area contributed by atoms with E-state index in [1.54, 1.807) is 25.4 Å². The number of anilines is 1. The van der Waals surface area contributed by atoms with Crippen LogP contribution in [0.1, 0.15) is 41.9 Å². The van der Waals surface area contributed by atoms with E-state index in [9.17, 15) is 4.79 Å². The van der Waals surface area contributed by atoms with E-state index in [-0.39, 0.29) is 23.5 Å². The first-order chi connectivity index (χ1) is 8.58. The molecule has 0 bridgehead atoms. The lowest BCUT2D eigenvalue weighted by molar-refractivity contribution is 0.0993. The maximum absolute atomic E-state index is 12.0. The molecule has 94 valence electrons. The van der Waals surface area contributed by atoms with Crippen molar-refractivity contribution in [3.63, 3.8) is 0 Å². The molecule has 2 rings (SSSR count). The van der Waals surface area contributed by atoms with E-state index < -0.39 is 0 Å². The van der Waals surface area contributed by atoms with Crippen LogP contribution in [0, 0.1) is 6.92 Å². The van der Waals surface area contributed by atoms with Gasteiger partial charge in [0.15, 0.2) is 5.89 Å². The van der Waals surface area contributed by atoms with Crippen molar-refractivity contribution < 1.29 is 9.21 Å². The zero-order chi connectivity index (χ0) is 13.1. The third-order valence-electron chi connectivity index (χ3n) is 2.30. The Balaban J connectivity index is 2.24. The average Bonchev–Trinajstić information content (AvgIpc) is 2.73. The molecule has 0 unspecified atom stereocenters. The van der Waals surface area contributed by atoms with E-state index >= 15 is 0 Å². The molecule has 0 saturated heterocycles. The van der Waals surface area contributed by atoms with Crippen LogP contribution >= 0.6 is 0 Å². The van der Waals surface area contributed by atoms with Gasteiger partial charge in [0, 0.05) is 19.3 Å². The van der Waals surface area contributed by atoms with Crippen LogP contribution in [0.15, 0.2) is 22.9 Å². The van der Waals surface area contributed by atoms with Gasteiger partial charge in [0.2, 0.25) is 11.7 Å². The molecule has 6 nitrogen and oxygen atoms in total. The molecule has 0 aromatic carbocycles. The summed E-state index contributed by atoms with van der Waals surface area (Å²) in [5.41, 5.74) is 0.640. The zero-order valence-electron chi connectivity index (χ0n) is 10.5. The fraction of sp³-hybridized carbons (Fsp3) is 0.333. The van der Waals surface area contributed by atoms with Crippen molar-refractivity contribution >= 4 is 11.9 Å². The molecule has 0 aliphatic rings. The Morgan fingerprint density at radius 1 is 1.33 bits per heavy atom. The van der Waals surface area contributed by atoms with Crippen molar-refractivity contribution in [3.8, 4) is 0 Å². The summed E-state index contributed by atoms with van der Waals surface area (Å²) in [6.07, 6.45) is 3.11. The molecule has 0 atom stereocenters. The molecule has 1 N–H and O–H groups in total. The number of hydrogen-bond donors (Lipinski definition) is 1. The topological polar surface area (TPSA) is 80.9 Å². The predicted octanol–water partition coefficient (Wildman–Crippen LogP) is 2.15. The minimum absolute atomic E-state index is 0.111. The first kappa shape index (κ1) is 12.2. The van der Waals surface area contributed by atoms with Gasteiger partial charge in [-0.25, -0.2) is 15.0 Å². The van der Waals surface area contributed by atoms with Crippen molar-refractivity contribution in [2.24, 2.45) is 0 Å². The average molecular weight is 246 g/mol. The predicted molar refractivity (Wildman–Crippen MR) is 65.3 cm³/mol. The van der Waals surface area contributed by atoms with Gasteiger partial charge < -0.3 is 4.42 Å². The van der Waals surface area contributed by atoms with Crippen LogP contribution in [-0.4, -0.2) is 20.9 Å². The summed E-state index contributed by atoms with van der Waals surface area (Å²) in [7, 11) is 0. The van der Waals surface area contributed by atoms with E-state index in [4.69, 9.17) is 4.42 Å². The van der Waals surface area contributed by atoms with Gasteiger partial charge in [0.1, 0.15) is 0 Å². The Morgan fingerprint density at radius 3 is 2.61 bits per heavy atom. The number of oxazole rings is 1. The smallest absolute Gasteiger partial charge is 0.295 e. The van der Waals surface area contributed by atoms with E-state index in [1.165, 1.54) is 0 Å². The standard InChI is InChI=1S/C12H14N4O2/c1-7(2)9-10(18-8(3)15-9)11(17)16-12-13-5-4-6-14-12/h4-7H,1-3H3,(H,13,14,16,17). The van der Waals surface area contributed by atoms with Gasteiger partial charge in [-0.1, -0.05) is 13.8 Å². The second-order valence-electron chi connectivity index (χ2n) is 4.13. The molecular weight excluding hydrogens is 232 g/mol. The highest BCUT2D eigenvalue weighted by Crippen LogP contribution is 2.20. The van der Waals surface area contributed by atoms with Crippen molar-refractivity contribution in [1.29, 1.82) is 0 Å². The van der Waals surface area contributed by atoms with Gasteiger partial charge >= 0.3 is 0 Å². The van der Waals surface area contributed by atoms with Gasteiger partial charge in [-0.3, -0.25) is 10.1 Å². The SMILES string of the molecule is Cc1nc(C(C)C)c(C(=O)Nc2ncccn2)o1. The number of aromatic nitrogens is 3. The lowest BCUT2D eigenvalue weighted by Gasteiger charge is -2.04. The maximum Gasteiger partial charge on any atom is 0.295 e. The molecule has 18 heavy (non-hydrogen) atoms. The fourth-order valence-electron chi connectivity index (χ4n) is 1.52. The molecule has 1 amide bonds. The summed E-state index contributed by atoms with van der Waals surface area (Å²) < 4.78 is 5.33. The number of nitrogens with zero attached hydrogens (tertiary/aromatic N) is 3. The van der Waals surface area contributed by atoms with Crippen LogP contribution in [0.25, 0.3) is 0 Å². The Bertz CT molecular complexity index is 548. The van der Waals surface area contributed by atoms with E-state index in [0.717, 1.165) is 0 Å². The van der Waals surface area contributed by atoms with Crippen molar-refractivity contribution in [2.75, 3.05) is 5.32 Å². The quantitative estimate of drug-likeness (QED) is 0.897. The zero-order valence-corrected chi connectivity index (χ0v) is 10.5. The number of carbonyl (C=O) groups is 1. The molecule has 2 aromatic heterocycles. The number of amides is 1. The summed E-state index contributed by atoms with van der Waals surface area (Å²) in [6, 6.07) is 1.67. The van der Waals surface area contributed by atoms with Crippen LogP contribution in [0.3, 0.4) is 0 Å². The summed E-state index contributed by atoms with van der Waals surface area (Å²) in [6.45, 7) is 5.61. The van der Waals surface area contributed by atoms with Gasteiger partial charge in [0.05, 0.1) is 5.69 Å². The molecule has 0 aliphatic heterocycles. The number of carbonyl (C=O) groups excluding carboxylic acids is 1. The number of hydrogen-bond acceptors (Lipinski definition) is 5. The third-order valence-corrected chi connectivity index (χ3v) is 2.30. The van der Waals surface area contributed by atoms with E-state index in [2.05, 4.69) is 20.3 Å². The van der Waals surface area contributed by atoms with Gasteiger partial charge in [-0.05, 0) is 12.0 Å². The molecule has 2 aromatic rings. The normalized spacial score (nSPS) is 10.7. The first-order valence-corrected chi connectivity index (χ1v) is 5.63. The largest absolute Gasteiger partial charge is 0.436 e. The van der Waals surface area contributed by atoms with Crippen molar-refractivity contribution in [2.45, 2.75) is 26.7 Å². The van der Waals surface area contributed by atoms with E-state index in [1.807, 2.05) is 13.8 Å². The Morgan fingerprint density at radius 2 is 2.00 bits per heavy atom. The fourth-order valence-corrected chi connectivity index (χ4v) is 1.52. The first-order valence-electron chi connectivity index (χ1n) is 5.63. The Kier molecular flexibility index (Phi) is 3.36. The van der Waals surface area contributed by atoms with Crippen molar-refractivity contribution in [3.05, 3.63) is 35.8 Å². The highest BCUT2D eigenvalue weighted by Gasteiger charge is 2.21. The maximum atomic E-state index is 12.0. The van der Waals surface area contributed by atoms with Crippen LogP contribution < -0.4 is 5.32 Å². The Hall–Kier alpha value is -2.24. The number of nitrogens with one attached hydrogen (secondary N) is 1. The summed E-state index contributed by atoms with van der Waals surface area (Å²) in [5.74, 6) is 0.657.